The highest BCUT2D eigenvalue weighted by Crippen LogP contribution is 2.34. The van der Waals surface area contributed by atoms with Crippen LogP contribution in [-0.4, -0.2) is 6.04 Å². The van der Waals surface area contributed by atoms with Crippen LogP contribution in [0.15, 0.2) is 52.3 Å². The van der Waals surface area contributed by atoms with Crippen molar-refractivity contribution < 1.29 is 0 Å². The van der Waals surface area contributed by atoms with E-state index in [0.29, 0.717) is 0 Å². The van der Waals surface area contributed by atoms with E-state index < -0.39 is 0 Å². The molecule has 0 amide bonds. The Hall–Kier alpha value is -0.960. The molecular formula is C16H18ClNS. The van der Waals surface area contributed by atoms with Crippen LogP contribution < -0.4 is 5.73 Å². The van der Waals surface area contributed by atoms with Crippen molar-refractivity contribution in [3.8, 4) is 0 Å². The summed E-state index contributed by atoms with van der Waals surface area (Å²) in [6.07, 6.45) is 0.799. The highest BCUT2D eigenvalue weighted by molar-refractivity contribution is 7.99. The van der Waals surface area contributed by atoms with Gasteiger partial charge in [0.25, 0.3) is 0 Å². The quantitative estimate of drug-likeness (QED) is 0.884. The third-order valence-corrected chi connectivity index (χ3v) is 4.27. The van der Waals surface area contributed by atoms with Gasteiger partial charge in [0.1, 0.15) is 0 Å². The molecule has 1 unspecified atom stereocenters. The van der Waals surface area contributed by atoms with Crippen LogP contribution in [0, 0.1) is 6.92 Å². The SMILES string of the molecule is Cc1cccc(Sc2cccc(Cl)c2CC(C)N)c1. The zero-order valence-corrected chi connectivity index (χ0v) is 12.8. The van der Waals surface area contributed by atoms with Crippen molar-refractivity contribution >= 4 is 23.4 Å². The number of halogens is 1. The lowest BCUT2D eigenvalue weighted by atomic mass is 10.1. The normalized spacial score (nSPS) is 12.4. The fraction of sp³-hybridized carbons (Fsp3) is 0.250. The number of nitrogens with two attached hydrogens (primary N) is 1. The van der Waals surface area contributed by atoms with Crippen molar-refractivity contribution in [3.05, 3.63) is 58.6 Å². The second kappa shape index (κ2) is 6.47. The summed E-state index contributed by atoms with van der Waals surface area (Å²) < 4.78 is 0. The van der Waals surface area contributed by atoms with Gasteiger partial charge >= 0.3 is 0 Å². The van der Waals surface area contributed by atoms with Gasteiger partial charge in [-0.15, -0.1) is 0 Å². The molecule has 0 aliphatic heterocycles. The molecule has 0 saturated carbocycles. The van der Waals surface area contributed by atoms with Gasteiger partial charge in [0.2, 0.25) is 0 Å². The number of rotatable bonds is 4. The van der Waals surface area contributed by atoms with Gasteiger partial charge in [-0.25, -0.2) is 0 Å². The van der Waals surface area contributed by atoms with Crippen LogP contribution in [0.2, 0.25) is 5.02 Å². The van der Waals surface area contributed by atoms with Gasteiger partial charge < -0.3 is 5.73 Å². The standard InChI is InChI=1S/C16H18ClNS/c1-11-5-3-6-13(9-11)19-16-8-4-7-15(17)14(16)10-12(2)18/h3-9,12H,10,18H2,1-2H3. The smallest absolute Gasteiger partial charge is 0.0449 e. The minimum absolute atomic E-state index is 0.108. The number of hydrogen-bond donors (Lipinski definition) is 1. The Kier molecular flexibility index (Phi) is 4.92. The molecule has 1 atom stereocenters. The van der Waals surface area contributed by atoms with Gasteiger partial charge in [0, 0.05) is 20.9 Å². The molecule has 0 aliphatic rings. The van der Waals surface area contributed by atoms with E-state index >= 15 is 0 Å². The summed E-state index contributed by atoms with van der Waals surface area (Å²) >= 11 is 8.05. The Labute approximate surface area is 124 Å². The Morgan fingerprint density at radius 3 is 2.63 bits per heavy atom. The summed E-state index contributed by atoms with van der Waals surface area (Å²) in [5, 5.41) is 0.801. The third-order valence-electron chi connectivity index (χ3n) is 2.82. The second-order valence-corrected chi connectivity index (χ2v) is 6.34. The fourth-order valence-electron chi connectivity index (χ4n) is 1.96. The average molecular weight is 292 g/mol. The third kappa shape index (κ3) is 4.00. The maximum absolute atomic E-state index is 6.30. The molecule has 100 valence electrons. The van der Waals surface area contributed by atoms with E-state index in [2.05, 4.69) is 37.3 Å². The first-order valence-electron chi connectivity index (χ1n) is 6.34. The van der Waals surface area contributed by atoms with E-state index in [4.69, 9.17) is 17.3 Å². The molecule has 1 nitrogen and oxygen atoms in total. The summed E-state index contributed by atoms with van der Waals surface area (Å²) in [5.74, 6) is 0. The van der Waals surface area contributed by atoms with Gasteiger partial charge in [-0.2, -0.15) is 0 Å². The highest BCUT2D eigenvalue weighted by Gasteiger charge is 2.10. The molecule has 0 heterocycles. The van der Waals surface area contributed by atoms with Crippen molar-refractivity contribution in [1.82, 2.24) is 0 Å². The molecule has 3 heteroatoms. The Bertz CT molecular complexity index is 566. The topological polar surface area (TPSA) is 26.0 Å². The molecule has 2 aromatic rings. The number of benzene rings is 2. The van der Waals surface area contributed by atoms with Gasteiger partial charge in [-0.1, -0.05) is 47.1 Å². The lowest BCUT2D eigenvalue weighted by Crippen LogP contribution is -2.18. The molecule has 0 aliphatic carbocycles. The Morgan fingerprint density at radius 1 is 1.21 bits per heavy atom. The highest BCUT2D eigenvalue weighted by atomic mass is 35.5. The first kappa shape index (κ1) is 14.4. The first-order valence-corrected chi connectivity index (χ1v) is 7.53. The van der Waals surface area contributed by atoms with Gasteiger partial charge in [-0.3, -0.25) is 0 Å². The molecule has 2 N–H and O–H groups in total. The monoisotopic (exact) mass is 291 g/mol. The summed E-state index contributed by atoms with van der Waals surface area (Å²) in [4.78, 5) is 2.42. The fourth-order valence-corrected chi connectivity index (χ4v) is 3.38. The largest absolute Gasteiger partial charge is 0.328 e. The number of hydrogen-bond acceptors (Lipinski definition) is 2. The molecule has 0 radical (unpaired) electrons. The average Bonchev–Trinajstić information content (AvgIpc) is 2.33. The molecule has 0 saturated heterocycles. The van der Waals surface area contributed by atoms with Crippen molar-refractivity contribution in [2.45, 2.75) is 36.1 Å². The predicted molar refractivity (Wildman–Crippen MR) is 84.1 cm³/mol. The molecule has 0 bridgehead atoms. The maximum atomic E-state index is 6.30. The van der Waals surface area contributed by atoms with E-state index in [1.54, 1.807) is 11.8 Å². The van der Waals surface area contributed by atoms with Crippen LogP contribution >= 0.6 is 23.4 Å². The van der Waals surface area contributed by atoms with Crippen LogP contribution in [0.25, 0.3) is 0 Å². The number of aryl methyl sites for hydroxylation is 1. The zero-order valence-electron chi connectivity index (χ0n) is 11.2. The lowest BCUT2D eigenvalue weighted by Gasteiger charge is -2.13. The first-order chi connectivity index (χ1) is 9.06. The molecule has 0 fully saturated rings. The summed E-state index contributed by atoms with van der Waals surface area (Å²) in [5.41, 5.74) is 8.32. The summed E-state index contributed by atoms with van der Waals surface area (Å²) in [7, 11) is 0. The second-order valence-electron chi connectivity index (χ2n) is 4.82. The van der Waals surface area contributed by atoms with Crippen LogP contribution in [0.1, 0.15) is 18.1 Å². The van der Waals surface area contributed by atoms with Gasteiger partial charge in [0.15, 0.2) is 0 Å². The minimum atomic E-state index is 0.108. The van der Waals surface area contributed by atoms with Crippen LogP contribution in [-0.2, 0) is 6.42 Å². The van der Waals surface area contributed by atoms with Gasteiger partial charge in [-0.05, 0) is 50.1 Å². The predicted octanol–water partition coefficient (Wildman–Crippen LogP) is 4.69. The Morgan fingerprint density at radius 2 is 1.95 bits per heavy atom. The van der Waals surface area contributed by atoms with Crippen molar-refractivity contribution in [2.75, 3.05) is 0 Å². The molecule has 0 spiro atoms. The van der Waals surface area contributed by atoms with Crippen molar-refractivity contribution in [3.63, 3.8) is 0 Å². The lowest BCUT2D eigenvalue weighted by molar-refractivity contribution is 0.729. The van der Waals surface area contributed by atoms with E-state index in [0.717, 1.165) is 17.0 Å². The zero-order chi connectivity index (χ0) is 13.8. The molecule has 19 heavy (non-hydrogen) atoms. The molecule has 0 aromatic heterocycles. The van der Waals surface area contributed by atoms with E-state index in [1.807, 2.05) is 19.1 Å². The van der Waals surface area contributed by atoms with Crippen molar-refractivity contribution in [1.29, 1.82) is 0 Å². The molecule has 2 aromatic carbocycles. The van der Waals surface area contributed by atoms with Crippen LogP contribution in [0.5, 0.6) is 0 Å². The van der Waals surface area contributed by atoms with E-state index in [1.165, 1.54) is 15.4 Å². The summed E-state index contributed by atoms with van der Waals surface area (Å²) in [6, 6.07) is 14.6. The molecule has 2 rings (SSSR count). The maximum Gasteiger partial charge on any atom is 0.0449 e. The van der Waals surface area contributed by atoms with E-state index in [-0.39, 0.29) is 6.04 Å². The van der Waals surface area contributed by atoms with Gasteiger partial charge in [0.05, 0.1) is 0 Å². The summed E-state index contributed by atoms with van der Waals surface area (Å²) in [6.45, 7) is 4.11. The Balaban J connectivity index is 2.31. The van der Waals surface area contributed by atoms with Crippen molar-refractivity contribution in [2.24, 2.45) is 5.73 Å². The van der Waals surface area contributed by atoms with Crippen LogP contribution in [0.3, 0.4) is 0 Å². The molecular weight excluding hydrogens is 274 g/mol. The minimum Gasteiger partial charge on any atom is -0.328 e. The van der Waals surface area contributed by atoms with E-state index in [9.17, 15) is 0 Å². The van der Waals surface area contributed by atoms with Crippen LogP contribution in [0.4, 0.5) is 0 Å².